The van der Waals surface area contributed by atoms with Gasteiger partial charge < -0.3 is 5.32 Å². The SMILES string of the molecule is C[C@@H](NC(=O)c1nn(C)c2c1CS(=O)(=O)c1ccccc1-2)c1ccccc1. The Morgan fingerprint density at radius 1 is 1.11 bits per heavy atom. The predicted octanol–water partition coefficient (Wildman–Crippen LogP) is 2.87. The molecule has 0 spiro atoms. The summed E-state index contributed by atoms with van der Waals surface area (Å²) < 4.78 is 27.0. The highest BCUT2D eigenvalue weighted by Crippen LogP contribution is 2.38. The highest BCUT2D eigenvalue weighted by Gasteiger charge is 2.34. The minimum absolute atomic E-state index is 0.161. The van der Waals surface area contributed by atoms with Crippen LogP contribution in [0, 0.1) is 0 Å². The normalized spacial score (nSPS) is 15.5. The summed E-state index contributed by atoms with van der Waals surface area (Å²) in [4.78, 5) is 13.1. The standard InChI is InChI=1S/C20H19N3O3S/c1-13(14-8-4-3-5-9-14)21-20(24)18-16-12-27(25,26)17-11-7-6-10-15(17)19(16)23(2)22-18/h3-11,13H,12H2,1-2H3,(H,21,24)/t13-/m1/s1. The Balaban J connectivity index is 1.74. The second-order valence-corrected chi connectivity index (χ2v) is 8.62. The lowest BCUT2D eigenvalue weighted by Gasteiger charge is -2.18. The molecular weight excluding hydrogens is 362 g/mol. The summed E-state index contributed by atoms with van der Waals surface area (Å²) in [6, 6.07) is 16.2. The first-order chi connectivity index (χ1) is 12.9. The molecule has 1 N–H and O–H groups in total. The van der Waals surface area contributed by atoms with Gasteiger partial charge in [0.2, 0.25) is 0 Å². The molecule has 27 heavy (non-hydrogen) atoms. The summed E-state index contributed by atoms with van der Waals surface area (Å²) in [5, 5.41) is 7.26. The Hall–Kier alpha value is -2.93. The number of nitrogens with zero attached hydrogens (tertiary/aromatic N) is 2. The summed E-state index contributed by atoms with van der Waals surface area (Å²) in [5.74, 6) is -0.604. The van der Waals surface area contributed by atoms with E-state index in [0.717, 1.165) is 5.56 Å². The number of carbonyl (C=O) groups excluding carboxylic acids is 1. The van der Waals surface area contributed by atoms with Gasteiger partial charge in [0.1, 0.15) is 0 Å². The fraction of sp³-hybridized carbons (Fsp3) is 0.200. The lowest BCUT2D eigenvalue weighted by Crippen LogP contribution is -2.28. The third kappa shape index (κ3) is 2.94. The second-order valence-electron chi connectivity index (χ2n) is 6.66. The summed E-state index contributed by atoms with van der Waals surface area (Å²) in [6.45, 7) is 1.88. The molecule has 2 heterocycles. The van der Waals surface area contributed by atoms with Gasteiger partial charge in [-0.1, -0.05) is 48.5 Å². The molecule has 0 radical (unpaired) electrons. The van der Waals surface area contributed by atoms with Crippen LogP contribution in [0.5, 0.6) is 0 Å². The number of aryl methyl sites for hydroxylation is 1. The van der Waals surface area contributed by atoms with Crippen molar-refractivity contribution in [1.29, 1.82) is 0 Å². The van der Waals surface area contributed by atoms with Gasteiger partial charge in [-0.25, -0.2) is 8.42 Å². The van der Waals surface area contributed by atoms with Crippen molar-refractivity contribution < 1.29 is 13.2 Å². The summed E-state index contributed by atoms with van der Waals surface area (Å²) in [6.07, 6.45) is 0. The van der Waals surface area contributed by atoms with Gasteiger partial charge >= 0.3 is 0 Å². The zero-order valence-corrected chi connectivity index (χ0v) is 15.8. The fourth-order valence-electron chi connectivity index (χ4n) is 3.52. The van der Waals surface area contributed by atoms with Crippen molar-refractivity contribution in [3.8, 4) is 11.3 Å². The van der Waals surface area contributed by atoms with Crippen LogP contribution >= 0.6 is 0 Å². The average Bonchev–Trinajstić information content (AvgIpc) is 2.98. The molecule has 0 aliphatic carbocycles. The van der Waals surface area contributed by atoms with Gasteiger partial charge in [0.25, 0.3) is 5.91 Å². The molecule has 2 aromatic carbocycles. The van der Waals surface area contributed by atoms with Gasteiger partial charge in [0.05, 0.1) is 22.4 Å². The smallest absolute Gasteiger partial charge is 0.272 e. The number of aromatic nitrogens is 2. The second kappa shape index (κ2) is 6.35. The molecule has 3 aromatic rings. The van der Waals surface area contributed by atoms with Gasteiger partial charge in [-0.2, -0.15) is 5.10 Å². The van der Waals surface area contributed by atoms with Crippen LogP contribution in [-0.2, 0) is 22.6 Å². The Bertz CT molecular complexity index is 1130. The Morgan fingerprint density at radius 3 is 2.52 bits per heavy atom. The molecule has 7 heteroatoms. The summed E-state index contributed by atoms with van der Waals surface area (Å²) in [7, 11) is -1.78. The molecule has 0 saturated carbocycles. The van der Waals surface area contributed by atoms with Crippen molar-refractivity contribution in [3.63, 3.8) is 0 Å². The van der Waals surface area contributed by atoms with E-state index in [0.29, 0.717) is 16.8 Å². The van der Waals surface area contributed by atoms with Crippen molar-refractivity contribution in [2.45, 2.75) is 23.6 Å². The maximum absolute atomic E-state index is 12.9. The van der Waals surface area contributed by atoms with Gasteiger partial charge in [-0.15, -0.1) is 0 Å². The van der Waals surface area contributed by atoms with Crippen LogP contribution in [0.15, 0.2) is 59.5 Å². The minimum Gasteiger partial charge on any atom is -0.344 e. The van der Waals surface area contributed by atoms with E-state index >= 15 is 0 Å². The third-order valence-corrected chi connectivity index (χ3v) is 6.51. The lowest BCUT2D eigenvalue weighted by molar-refractivity contribution is 0.0933. The number of fused-ring (bicyclic) bond motifs is 3. The maximum Gasteiger partial charge on any atom is 0.272 e. The third-order valence-electron chi connectivity index (χ3n) is 4.82. The van der Waals surface area contributed by atoms with Gasteiger partial charge in [0.15, 0.2) is 15.5 Å². The molecule has 138 valence electrons. The van der Waals surface area contributed by atoms with E-state index in [-0.39, 0.29) is 28.3 Å². The molecule has 0 fully saturated rings. The van der Waals surface area contributed by atoms with E-state index in [1.807, 2.05) is 37.3 Å². The van der Waals surface area contributed by atoms with E-state index in [4.69, 9.17) is 0 Å². The van der Waals surface area contributed by atoms with Crippen molar-refractivity contribution >= 4 is 15.7 Å². The monoisotopic (exact) mass is 381 g/mol. The van der Waals surface area contributed by atoms with Crippen molar-refractivity contribution in [3.05, 3.63) is 71.4 Å². The van der Waals surface area contributed by atoms with Crippen molar-refractivity contribution in [1.82, 2.24) is 15.1 Å². The van der Waals surface area contributed by atoms with Crippen LogP contribution < -0.4 is 5.32 Å². The number of nitrogens with one attached hydrogen (secondary N) is 1. The zero-order valence-electron chi connectivity index (χ0n) is 15.0. The van der Waals surface area contributed by atoms with E-state index in [1.54, 1.807) is 36.0 Å². The lowest BCUT2D eigenvalue weighted by atomic mass is 10.0. The number of hydrogen-bond donors (Lipinski definition) is 1. The first-order valence-electron chi connectivity index (χ1n) is 8.62. The molecule has 1 aliphatic heterocycles. The first kappa shape index (κ1) is 17.5. The van der Waals surface area contributed by atoms with Crippen LogP contribution in [0.4, 0.5) is 0 Å². The number of rotatable bonds is 3. The molecule has 1 aromatic heterocycles. The molecule has 4 rings (SSSR count). The predicted molar refractivity (Wildman–Crippen MR) is 102 cm³/mol. The summed E-state index contributed by atoms with van der Waals surface area (Å²) >= 11 is 0. The van der Waals surface area contributed by atoms with Gasteiger partial charge in [0, 0.05) is 18.2 Å². The van der Waals surface area contributed by atoms with Gasteiger partial charge in [-0.05, 0) is 18.6 Å². The molecule has 0 saturated heterocycles. The van der Waals surface area contributed by atoms with Crippen LogP contribution in [0.2, 0.25) is 0 Å². The number of amides is 1. The quantitative estimate of drug-likeness (QED) is 0.756. The first-order valence-corrected chi connectivity index (χ1v) is 10.3. The number of hydrogen-bond acceptors (Lipinski definition) is 4. The summed E-state index contributed by atoms with van der Waals surface area (Å²) in [5.41, 5.74) is 2.85. The molecule has 6 nitrogen and oxygen atoms in total. The topological polar surface area (TPSA) is 81.1 Å². The fourth-order valence-corrected chi connectivity index (χ4v) is 5.11. The van der Waals surface area contributed by atoms with Crippen molar-refractivity contribution in [2.24, 2.45) is 7.05 Å². The van der Waals surface area contributed by atoms with E-state index in [9.17, 15) is 13.2 Å². The van der Waals surface area contributed by atoms with Gasteiger partial charge in [-0.3, -0.25) is 9.48 Å². The Labute approximate surface area is 157 Å². The molecule has 0 unspecified atom stereocenters. The average molecular weight is 381 g/mol. The van der Waals surface area contributed by atoms with E-state index in [1.165, 1.54) is 0 Å². The molecule has 0 bridgehead atoms. The Morgan fingerprint density at radius 2 is 1.78 bits per heavy atom. The van der Waals surface area contributed by atoms with Crippen LogP contribution in [0.1, 0.15) is 34.6 Å². The van der Waals surface area contributed by atoms with Crippen LogP contribution in [0.25, 0.3) is 11.3 Å². The number of sulfone groups is 1. The molecule has 1 aliphatic rings. The largest absolute Gasteiger partial charge is 0.344 e. The highest BCUT2D eigenvalue weighted by molar-refractivity contribution is 7.90. The molecule has 1 amide bonds. The van der Waals surface area contributed by atoms with Crippen LogP contribution in [-0.4, -0.2) is 24.1 Å². The zero-order chi connectivity index (χ0) is 19.2. The number of benzene rings is 2. The highest BCUT2D eigenvalue weighted by atomic mass is 32.2. The minimum atomic E-state index is -3.51. The number of carbonyl (C=O) groups is 1. The van der Waals surface area contributed by atoms with E-state index in [2.05, 4.69) is 10.4 Å². The van der Waals surface area contributed by atoms with Crippen molar-refractivity contribution in [2.75, 3.05) is 0 Å². The Kier molecular flexibility index (Phi) is 4.11. The maximum atomic E-state index is 12.9. The van der Waals surface area contributed by atoms with E-state index < -0.39 is 9.84 Å². The van der Waals surface area contributed by atoms with Crippen LogP contribution in [0.3, 0.4) is 0 Å². The molecule has 1 atom stereocenters. The molecular formula is C20H19N3O3S.